The van der Waals surface area contributed by atoms with Crippen molar-refractivity contribution in [3.8, 4) is 11.5 Å². The number of hydrogen-bond acceptors (Lipinski definition) is 8. The smallest absolute Gasteiger partial charge is 0.349 e. The topological polar surface area (TPSA) is 139 Å². The number of aliphatic hydroxyl groups excluding tert-OH is 1. The number of rotatable bonds is 12. The number of nitrogens with zero attached hydrogens (tertiary/aromatic N) is 1. The van der Waals surface area contributed by atoms with Crippen molar-refractivity contribution in [2.45, 2.75) is 75.4 Å². The molecule has 0 unspecified atom stereocenters. The van der Waals surface area contributed by atoms with E-state index >= 15 is 0 Å². The average molecular weight is 711 g/mol. The quantitative estimate of drug-likeness (QED) is 0.0986. The molecular formula is C40H46N2O8Si. The van der Waals surface area contributed by atoms with Gasteiger partial charge in [0.1, 0.15) is 34.9 Å². The standard InChI is InChI=1S/C40H46N2O8Si/c1-40(2,51(4,5)47)19-11-20-41-37(44)29-24-31(35(43)36-34(29)28-15-7-9-17-33(28)49-36)42(21-18-25-12-10-14-27(22-25)48-3)38(45)30-23-26-13-6-8-16-32(26)50-39(30)46/h6-10,12-17,22-24,31,34-36,43,47H,11,18-21H2,1-5H3,(H,41,44)/t31-,34+,35+,36+/m1/s1. The number of benzene rings is 3. The van der Waals surface area contributed by atoms with Crippen molar-refractivity contribution in [3.63, 3.8) is 0 Å². The highest BCUT2D eigenvalue weighted by molar-refractivity contribution is 6.72. The molecule has 1 aliphatic heterocycles. The lowest BCUT2D eigenvalue weighted by Crippen LogP contribution is -2.56. The number of fused-ring (bicyclic) bond motifs is 4. The number of nitrogens with one attached hydrogen (secondary N) is 1. The fourth-order valence-electron chi connectivity index (χ4n) is 6.89. The molecule has 1 aromatic heterocycles. The summed E-state index contributed by atoms with van der Waals surface area (Å²) >= 11 is 0. The molecular weight excluding hydrogens is 665 g/mol. The number of amides is 2. The molecule has 1 aliphatic carbocycles. The van der Waals surface area contributed by atoms with Crippen molar-refractivity contribution in [1.82, 2.24) is 10.2 Å². The molecule has 0 bridgehead atoms. The molecule has 3 N–H and O–H groups in total. The van der Waals surface area contributed by atoms with Gasteiger partial charge in [0, 0.05) is 29.6 Å². The summed E-state index contributed by atoms with van der Waals surface area (Å²) in [6.45, 7) is 8.44. The number of para-hydroxylation sites is 2. The Kier molecular flexibility index (Phi) is 10.3. The predicted octanol–water partition coefficient (Wildman–Crippen LogP) is 5.57. The minimum atomic E-state index is -2.42. The normalized spacial score (nSPS) is 19.8. The van der Waals surface area contributed by atoms with Crippen LogP contribution in [0.2, 0.25) is 18.1 Å². The van der Waals surface area contributed by atoms with E-state index in [0.29, 0.717) is 47.4 Å². The van der Waals surface area contributed by atoms with Crippen LogP contribution in [0.4, 0.5) is 0 Å². The summed E-state index contributed by atoms with van der Waals surface area (Å²) in [5.41, 5.74) is 1.41. The summed E-state index contributed by atoms with van der Waals surface area (Å²) in [6, 6.07) is 22.3. The fraction of sp³-hybridized carbons (Fsp3) is 0.375. The van der Waals surface area contributed by atoms with Crippen LogP contribution in [0.15, 0.2) is 99.7 Å². The van der Waals surface area contributed by atoms with Crippen LogP contribution < -0.4 is 20.4 Å². The van der Waals surface area contributed by atoms with E-state index in [4.69, 9.17) is 13.9 Å². The maximum atomic E-state index is 14.5. The van der Waals surface area contributed by atoms with E-state index < -0.39 is 44.0 Å². The summed E-state index contributed by atoms with van der Waals surface area (Å²) < 4.78 is 17.3. The Morgan fingerprint density at radius 2 is 1.76 bits per heavy atom. The van der Waals surface area contributed by atoms with E-state index in [-0.39, 0.29) is 23.1 Å². The van der Waals surface area contributed by atoms with Gasteiger partial charge in [-0.3, -0.25) is 9.59 Å². The zero-order valence-corrected chi connectivity index (χ0v) is 30.7. The molecule has 0 saturated carbocycles. The number of methoxy groups -OCH3 is 1. The maximum absolute atomic E-state index is 14.5. The van der Waals surface area contributed by atoms with E-state index in [0.717, 1.165) is 17.5 Å². The van der Waals surface area contributed by atoms with Gasteiger partial charge in [0.2, 0.25) is 5.91 Å². The van der Waals surface area contributed by atoms with Crippen molar-refractivity contribution in [2.24, 2.45) is 0 Å². The molecule has 51 heavy (non-hydrogen) atoms. The van der Waals surface area contributed by atoms with Crippen LogP contribution in [0.25, 0.3) is 11.0 Å². The minimum absolute atomic E-state index is 0.103. The zero-order chi connectivity index (χ0) is 36.5. The molecule has 2 amide bonds. The molecule has 268 valence electrons. The van der Waals surface area contributed by atoms with E-state index in [1.165, 1.54) is 11.0 Å². The Labute approximate surface area is 298 Å². The van der Waals surface area contributed by atoms with Crippen LogP contribution in [0.3, 0.4) is 0 Å². The van der Waals surface area contributed by atoms with Gasteiger partial charge in [-0.1, -0.05) is 62.4 Å². The highest BCUT2D eigenvalue weighted by Gasteiger charge is 2.50. The van der Waals surface area contributed by atoms with Crippen LogP contribution in [-0.2, 0) is 11.2 Å². The average Bonchev–Trinajstić information content (AvgIpc) is 3.50. The molecule has 3 aromatic carbocycles. The maximum Gasteiger partial charge on any atom is 0.349 e. The van der Waals surface area contributed by atoms with E-state index in [2.05, 4.69) is 19.2 Å². The third kappa shape index (κ3) is 7.37. The molecule has 0 fully saturated rings. The Morgan fingerprint density at radius 1 is 1.02 bits per heavy atom. The SMILES string of the molecule is COc1cccc(CCN(C(=O)c2cc3ccccc3oc2=O)[C@@H]2C=C(C(=O)NCCCC(C)(C)[Si](C)(C)O)[C@@H]3c4ccccc4O[C@@H]3[C@H]2O)c1. The van der Waals surface area contributed by atoms with Gasteiger partial charge in [0.15, 0.2) is 8.32 Å². The first-order valence-corrected chi connectivity index (χ1v) is 20.4. The Balaban J connectivity index is 1.37. The number of aliphatic hydroxyl groups is 1. The van der Waals surface area contributed by atoms with Gasteiger partial charge in [0.25, 0.3) is 5.91 Å². The van der Waals surface area contributed by atoms with Crippen molar-refractivity contribution in [3.05, 3.63) is 118 Å². The van der Waals surface area contributed by atoms with E-state index in [1.807, 2.05) is 55.6 Å². The third-order valence-corrected chi connectivity index (χ3v) is 14.2. The van der Waals surface area contributed by atoms with Crippen molar-refractivity contribution >= 4 is 31.1 Å². The summed E-state index contributed by atoms with van der Waals surface area (Å²) in [7, 11) is -0.840. The Bertz CT molecular complexity index is 2020. The first-order valence-electron chi connectivity index (χ1n) is 17.4. The lowest BCUT2D eigenvalue weighted by Gasteiger charge is -2.40. The minimum Gasteiger partial charge on any atom is -0.497 e. The van der Waals surface area contributed by atoms with Crippen LogP contribution >= 0.6 is 0 Å². The third-order valence-electron chi connectivity index (χ3n) is 10.7. The second kappa shape index (κ2) is 14.5. The van der Waals surface area contributed by atoms with E-state index in [9.17, 15) is 24.3 Å². The molecule has 11 heteroatoms. The van der Waals surface area contributed by atoms with Gasteiger partial charge < -0.3 is 34.0 Å². The molecule has 4 atom stereocenters. The molecule has 4 aromatic rings. The molecule has 2 heterocycles. The van der Waals surface area contributed by atoms with Gasteiger partial charge in [-0.25, -0.2) is 4.79 Å². The van der Waals surface area contributed by atoms with Gasteiger partial charge >= 0.3 is 5.63 Å². The second-order valence-corrected chi connectivity index (χ2v) is 19.1. The number of carbonyl (C=O) groups excluding carboxylic acids is 2. The van der Waals surface area contributed by atoms with Crippen LogP contribution in [0, 0.1) is 0 Å². The molecule has 0 saturated heterocycles. The number of ether oxygens (including phenoxy) is 2. The largest absolute Gasteiger partial charge is 0.497 e. The van der Waals surface area contributed by atoms with Gasteiger partial charge in [-0.05, 0) is 79.4 Å². The van der Waals surface area contributed by atoms with Gasteiger partial charge in [-0.15, -0.1) is 0 Å². The molecule has 2 aliphatic rings. The number of hydrogen-bond donors (Lipinski definition) is 3. The van der Waals surface area contributed by atoms with Crippen molar-refractivity contribution < 1.29 is 33.4 Å². The predicted molar refractivity (Wildman–Crippen MR) is 198 cm³/mol. The highest BCUT2D eigenvalue weighted by Crippen LogP contribution is 2.47. The van der Waals surface area contributed by atoms with Gasteiger partial charge in [-0.2, -0.15) is 0 Å². The van der Waals surface area contributed by atoms with Crippen LogP contribution in [0.1, 0.15) is 54.1 Å². The second-order valence-electron chi connectivity index (χ2n) is 14.6. The Morgan fingerprint density at radius 3 is 2.53 bits per heavy atom. The van der Waals surface area contributed by atoms with Gasteiger partial charge in [0.05, 0.1) is 19.1 Å². The molecule has 10 nitrogen and oxygen atoms in total. The molecule has 0 radical (unpaired) electrons. The van der Waals surface area contributed by atoms with E-state index in [1.54, 1.807) is 43.5 Å². The van der Waals surface area contributed by atoms with Crippen LogP contribution in [0.5, 0.6) is 11.5 Å². The highest BCUT2D eigenvalue weighted by atomic mass is 28.4. The summed E-state index contributed by atoms with van der Waals surface area (Å²) in [5.74, 6) is -0.318. The summed E-state index contributed by atoms with van der Waals surface area (Å²) in [4.78, 5) is 54.1. The molecule has 6 rings (SSSR count). The Hall–Kier alpha value is -4.71. The summed E-state index contributed by atoms with van der Waals surface area (Å²) in [6.07, 6.45) is 1.33. The fourth-order valence-corrected chi connectivity index (χ4v) is 7.68. The molecule has 0 spiro atoms. The monoisotopic (exact) mass is 710 g/mol. The zero-order valence-electron chi connectivity index (χ0n) is 29.7. The first kappa shape index (κ1) is 36.1. The lowest BCUT2D eigenvalue weighted by atomic mass is 9.77. The number of carbonyl (C=O) groups is 2. The van der Waals surface area contributed by atoms with Crippen molar-refractivity contribution in [1.29, 1.82) is 0 Å². The van der Waals surface area contributed by atoms with Crippen molar-refractivity contribution in [2.75, 3.05) is 20.2 Å². The summed E-state index contributed by atoms with van der Waals surface area (Å²) in [5, 5.41) is 15.4. The van der Waals surface area contributed by atoms with Crippen LogP contribution in [-0.4, -0.2) is 73.4 Å². The lowest BCUT2D eigenvalue weighted by molar-refractivity contribution is -0.118. The first-order chi connectivity index (χ1) is 24.3.